The molecule has 0 aliphatic rings. The second kappa shape index (κ2) is 12.1. The number of aromatic nitrogens is 3. The molecule has 0 fully saturated rings. The molecule has 0 bridgehead atoms. The molecule has 23 heavy (non-hydrogen) atoms. The first-order valence-electron chi connectivity index (χ1n) is 7.67. The highest BCUT2D eigenvalue weighted by Crippen LogP contribution is 1.94. The van der Waals surface area contributed by atoms with Gasteiger partial charge in [-0.3, -0.25) is 4.79 Å². The van der Waals surface area contributed by atoms with Crippen molar-refractivity contribution in [3.8, 4) is 0 Å². The van der Waals surface area contributed by atoms with E-state index >= 15 is 0 Å². The van der Waals surface area contributed by atoms with Gasteiger partial charge in [0, 0.05) is 40.2 Å². The minimum Gasteiger partial charge on any atom is -0.356 e. The molecule has 8 nitrogen and oxygen atoms in total. The fourth-order valence-corrected chi connectivity index (χ4v) is 1.74. The van der Waals surface area contributed by atoms with Gasteiger partial charge in [-0.1, -0.05) is 13.8 Å². The minimum absolute atomic E-state index is 0. The number of carbonyl (C=O) groups excluding carboxylic acids is 1. The number of nitrogens with zero attached hydrogens (tertiary/aromatic N) is 5. The monoisotopic (exact) mass is 437 g/mol. The predicted molar refractivity (Wildman–Crippen MR) is 102 cm³/mol. The Bertz CT molecular complexity index is 487. The van der Waals surface area contributed by atoms with Gasteiger partial charge in [-0.25, -0.2) is 4.99 Å². The molecule has 0 atom stereocenters. The van der Waals surface area contributed by atoms with Crippen LogP contribution in [0, 0.1) is 0 Å². The first-order chi connectivity index (χ1) is 10.6. The van der Waals surface area contributed by atoms with E-state index in [9.17, 15) is 4.79 Å². The lowest BCUT2D eigenvalue weighted by atomic mass is 10.4. The lowest BCUT2D eigenvalue weighted by molar-refractivity contribution is -0.127. The van der Waals surface area contributed by atoms with Crippen LogP contribution in [0.5, 0.6) is 0 Å². The number of hydrogen-bond acceptors (Lipinski definition) is 4. The Hall–Kier alpha value is -1.39. The van der Waals surface area contributed by atoms with E-state index < -0.39 is 0 Å². The third kappa shape index (κ3) is 8.14. The van der Waals surface area contributed by atoms with Crippen LogP contribution in [0.25, 0.3) is 0 Å². The number of hydrogen-bond donors (Lipinski definition) is 2. The van der Waals surface area contributed by atoms with E-state index in [1.807, 2.05) is 4.57 Å². The normalized spacial score (nSPS) is 10.9. The summed E-state index contributed by atoms with van der Waals surface area (Å²) >= 11 is 0. The average molecular weight is 437 g/mol. The van der Waals surface area contributed by atoms with Crippen molar-refractivity contribution in [3.63, 3.8) is 0 Å². The quantitative estimate of drug-likeness (QED) is 0.351. The van der Waals surface area contributed by atoms with Crippen molar-refractivity contribution in [2.75, 3.05) is 33.7 Å². The Morgan fingerprint density at radius 2 is 2.00 bits per heavy atom. The van der Waals surface area contributed by atoms with Crippen molar-refractivity contribution in [3.05, 3.63) is 12.2 Å². The smallest absolute Gasteiger partial charge is 0.243 e. The number of aryl methyl sites for hydroxylation is 1. The maximum atomic E-state index is 11.6. The zero-order valence-electron chi connectivity index (χ0n) is 14.4. The molecular formula is C14H28IN7O. The molecule has 0 spiro atoms. The summed E-state index contributed by atoms with van der Waals surface area (Å²) in [7, 11) is 3.45. The average Bonchev–Trinajstić information content (AvgIpc) is 2.96. The number of nitrogens with one attached hydrogen (secondary N) is 2. The summed E-state index contributed by atoms with van der Waals surface area (Å²) in [5, 5.41) is 14.4. The predicted octanol–water partition coefficient (Wildman–Crippen LogP) is 0.492. The van der Waals surface area contributed by atoms with E-state index in [-0.39, 0.29) is 36.4 Å². The molecule has 0 aliphatic carbocycles. The first-order valence-corrected chi connectivity index (χ1v) is 7.67. The van der Waals surface area contributed by atoms with Gasteiger partial charge in [0.15, 0.2) is 5.96 Å². The minimum atomic E-state index is -0.0234. The summed E-state index contributed by atoms with van der Waals surface area (Å²) in [6.45, 7) is 6.53. The zero-order chi connectivity index (χ0) is 16.4. The third-order valence-corrected chi connectivity index (χ3v) is 3.07. The Labute approximate surface area is 155 Å². The third-order valence-electron chi connectivity index (χ3n) is 3.07. The van der Waals surface area contributed by atoms with Gasteiger partial charge in [-0.15, -0.1) is 34.2 Å². The van der Waals surface area contributed by atoms with E-state index in [4.69, 9.17) is 0 Å². The molecule has 0 saturated heterocycles. The fourth-order valence-electron chi connectivity index (χ4n) is 1.74. The number of guanidine groups is 1. The lowest BCUT2D eigenvalue weighted by Gasteiger charge is -2.13. The Balaban J connectivity index is 0.00000484. The van der Waals surface area contributed by atoms with Crippen molar-refractivity contribution in [1.29, 1.82) is 0 Å². The van der Waals surface area contributed by atoms with Crippen molar-refractivity contribution in [2.24, 2.45) is 4.99 Å². The molecule has 0 aliphatic heterocycles. The van der Waals surface area contributed by atoms with Crippen LogP contribution in [0.1, 0.15) is 26.1 Å². The van der Waals surface area contributed by atoms with Crippen LogP contribution in [0.4, 0.5) is 0 Å². The van der Waals surface area contributed by atoms with Gasteiger partial charge >= 0.3 is 0 Å². The fraction of sp³-hybridized carbons (Fsp3) is 0.714. The largest absolute Gasteiger partial charge is 0.356 e. The Morgan fingerprint density at radius 1 is 1.30 bits per heavy atom. The van der Waals surface area contributed by atoms with Crippen LogP contribution in [-0.4, -0.2) is 65.3 Å². The number of rotatable bonds is 8. The summed E-state index contributed by atoms with van der Waals surface area (Å²) in [4.78, 5) is 17.4. The summed E-state index contributed by atoms with van der Waals surface area (Å²) in [6.07, 6.45) is 3.58. The summed E-state index contributed by atoms with van der Waals surface area (Å²) < 4.78 is 2.01. The molecule has 132 valence electrons. The van der Waals surface area contributed by atoms with E-state index in [1.165, 1.54) is 4.90 Å². The van der Waals surface area contributed by atoms with Gasteiger partial charge in [0.2, 0.25) is 5.91 Å². The Morgan fingerprint density at radius 3 is 2.61 bits per heavy atom. The van der Waals surface area contributed by atoms with Crippen LogP contribution in [0.15, 0.2) is 11.3 Å². The van der Waals surface area contributed by atoms with Crippen LogP contribution in [-0.2, 0) is 17.8 Å². The van der Waals surface area contributed by atoms with Gasteiger partial charge in [0.25, 0.3) is 0 Å². The molecule has 1 rings (SSSR count). The SMILES string of the molecule is CCCNC(=NCC(=O)N(C)C)NCCn1cnnc1CC.I. The highest BCUT2D eigenvalue weighted by Gasteiger charge is 2.05. The molecule has 0 aromatic carbocycles. The number of amides is 1. The van der Waals surface area contributed by atoms with Crippen molar-refractivity contribution in [1.82, 2.24) is 30.3 Å². The van der Waals surface area contributed by atoms with Crippen LogP contribution < -0.4 is 10.6 Å². The second-order valence-electron chi connectivity index (χ2n) is 5.10. The maximum absolute atomic E-state index is 11.6. The zero-order valence-corrected chi connectivity index (χ0v) is 16.7. The van der Waals surface area contributed by atoms with Crippen LogP contribution >= 0.6 is 24.0 Å². The lowest BCUT2D eigenvalue weighted by Crippen LogP contribution is -2.40. The maximum Gasteiger partial charge on any atom is 0.243 e. The topological polar surface area (TPSA) is 87.4 Å². The second-order valence-corrected chi connectivity index (χ2v) is 5.10. The summed E-state index contributed by atoms with van der Waals surface area (Å²) in [5.41, 5.74) is 0. The van der Waals surface area contributed by atoms with Crippen LogP contribution in [0.3, 0.4) is 0 Å². The summed E-state index contributed by atoms with van der Waals surface area (Å²) in [6, 6.07) is 0. The number of likely N-dealkylation sites (N-methyl/N-ethyl adjacent to an activating group) is 1. The first kappa shape index (κ1) is 21.6. The number of halogens is 1. The van der Waals surface area contributed by atoms with E-state index in [0.29, 0.717) is 12.5 Å². The molecule has 0 unspecified atom stereocenters. The number of aliphatic imine (C=N–C) groups is 1. The Kier molecular flexibility index (Phi) is 11.4. The van der Waals surface area contributed by atoms with Crippen molar-refractivity contribution < 1.29 is 4.79 Å². The van der Waals surface area contributed by atoms with Gasteiger partial charge in [-0.2, -0.15) is 0 Å². The molecule has 1 heterocycles. The van der Waals surface area contributed by atoms with Gasteiger partial charge in [0.05, 0.1) is 0 Å². The van der Waals surface area contributed by atoms with E-state index in [1.54, 1.807) is 20.4 Å². The van der Waals surface area contributed by atoms with Gasteiger partial charge < -0.3 is 20.1 Å². The van der Waals surface area contributed by atoms with Crippen LogP contribution in [0.2, 0.25) is 0 Å². The number of carbonyl (C=O) groups is 1. The highest BCUT2D eigenvalue weighted by molar-refractivity contribution is 14.0. The standard InChI is InChI=1S/C14H27N7O.HI/c1-5-7-15-14(17-10-13(22)20(3)4)16-8-9-21-11-18-19-12(21)6-2;/h11H,5-10H2,1-4H3,(H2,15,16,17);1H. The van der Waals surface area contributed by atoms with Gasteiger partial charge in [-0.05, 0) is 6.42 Å². The van der Waals surface area contributed by atoms with E-state index in [0.717, 1.165) is 31.8 Å². The molecule has 2 N–H and O–H groups in total. The van der Waals surface area contributed by atoms with E-state index in [2.05, 4.69) is 39.7 Å². The molecule has 1 amide bonds. The molecule has 0 radical (unpaired) electrons. The molecule has 1 aromatic heterocycles. The molecule has 0 saturated carbocycles. The summed E-state index contributed by atoms with van der Waals surface area (Å²) in [5.74, 6) is 1.59. The molecule has 9 heteroatoms. The molecular weight excluding hydrogens is 409 g/mol. The highest BCUT2D eigenvalue weighted by atomic mass is 127. The van der Waals surface area contributed by atoms with Crippen molar-refractivity contribution >= 4 is 35.8 Å². The molecule has 1 aromatic rings. The van der Waals surface area contributed by atoms with Gasteiger partial charge in [0.1, 0.15) is 18.7 Å². The van der Waals surface area contributed by atoms with Crippen molar-refractivity contribution in [2.45, 2.75) is 33.2 Å².